The molecule has 2 rings (SSSR count). The Hall–Kier alpha value is -3.06. The van der Waals surface area contributed by atoms with Crippen LogP contribution in [0.2, 0.25) is 5.02 Å². The zero-order chi connectivity index (χ0) is 16.8. The predicted octanol–water partition coefficient (Wildman–Crippen LogP) is 1.81. The number of hydrogen-bond donors (Lipinski definition) is 4. The molecular formula is C15H15ClN6O. The molecule has 8 heteroatoms. The molecule has 7 nitrogen and oxygen atoms in total. The van der Waals surface area contributed by atoms with Gasteiger partial charge in [-0.25, -0.2) is 4.99 Å². The Balaban J connectivity index is 2.17. The molecule has 0 aliphatic rings. The molecule has 0 bridgehead atoms. The van der Waals surface area contributed by atoms with Gasteiger partial charge in [-0.3, -0.25) is 4.79 Å². The average molecular weight is 331 g/mol. The third-order valence-corrected chi connectivity index (χ3v) is 2.95. The monoisotopic (exact) mass is 330 g/mol. The predicted molar refractivity (Wildman–Crippen MR) is 92.9 cm³/mol. The highest BCUT2D eigenvalue weighted by Crippen LogP contribution is 2.17. The normalized spacial score (nSPS) is 10.9. The lowest BCUT2D eigenvalue weighted by Gasteiger charge is -2.06. The number of amides is 1. The van der Waals surface area contributed by atoms with Crippen molar-refractivity contribution in [3.63, 3.8) is 0 Å². The molecule has 23 heavy (non-hydrogen) atoms. The van der Waals surface area contributed by atoms with Crippen LogP contribution in [0.15, 0.2) is 58.5 Å². The topological polar surface area (TPSA) is 132 Å². The van der Waals surface area contributed by atoms with E-state index in [1.54, 1.807) is 48.5 Å². The number of carbonyl (C=O) groups is 1. The van der Waals surface area contributed by atoms with E-state index in [2.05, 4.69) is 15.3 Å². The summed E-state index contributed by atoms with van der Waals surface area (Å²) in [6.07, 6.45) is 0. The number of nitrogens with zero attached hydrogens (tertiary/aromatic N) is 2. The van der Waals surface area contributed by atoms with E-state index in [4.69, 9.17) is 28.8 Å². The van der Waals surface area contributed by atoms with Crippen LogP contribution < -0.4 is 22.5 Å². The van der Waals surface area contributed by atoms with Gasteiger partial charge in [-0.2, -0.15) is 4.99 Å². The maximum absolute atomic E-state index is 12.2. The third kappa shape index (κ3) is 5.01. The number of nitrogens with two attached hydrogens (primary N) is 3. The number of nitrogens with one attached hydrogen (secondary N) is 1. The highest BCUT2D eigenvalue weighted by atomic mass is 35.5. The minimum Gasteiger partial charge on any atom is -0.370 e. The van der Waals surface area contributed by atoms with E-state index >= 15 is 0 Å². The summed E-state index contributed by atoms with van der Waals surface area (Å²) < 4.78 is 0. The van der Waals surface area contributed by atoms with Gasteiger partial charge in [0, 0.05) is 16.3 Å². The summed E-state index contributed by atoms with van der Waals surface area (Å²) in [6.45, 7) is 0. The summed E-state index contributed by atoms with van der Waals surface area (Å²) >= 11 is 5.80. The summed E-state index contributed by atoms with van der Waals surface area (Å²) in [5, 5.41) is 3.35. The number of aliphatic imine (C=N–C) groups is 2. The maximum Gasteiger partial charge on any atom is 0.255 e. The first kappa shape index (κ1) is 16.3. The molecule has 0 saturated heterocycles. The van der Waals surface area contributed by atoms with Crippen LogP contribution in [-0.4, -0.2) is 17.8 Å². The fourth-order valence-corrected chi connectivity index (χ4v) is 1.87. The summed E-state index contributed by atoms with van der Waals surface area (Å²) in [4.78, 5) is 19.8. The SMILES string of the molecule is NC(N)=NC(N)=Nc1cccc(C(=O)Nc2ccc(Cl)cc2)c1. The van der Waals surface area contributed by atoms with E-state index in [9.17, 15) is 4.79 Å². The molecule has 1 amide bonds. The molecular weight excluding hydrogens is 316 g/mol. The van der Waals surface area contributed by atoms with Gasteiger partial charge in [0.1, 0.15) is 0 Å². The first-order chi connectivity index (χ1) is 10.9. The van der Waals surface area contributed by atoms with Crippen molar-refractivity contribution in [2.75, 3.05) is 5.32 Å². The fourth-order valence-electron chi connectivity index (χ4n) is 1.74. The van der Waals surface area contributed by atoms with Gasteiger partial charge in [-0.1, -0.05) is 17.7 Å². The molecule has 0 spiro atoms. The smallest absolute Gasteiger partial charge is 0.255 e. The van der Waals surface area contributed by atoms with Crippen LogP contribution in [0.5, 0.6) is 0 Å². The van der Waals surface area contributed by atoms with Crippen LogP contribution in [-0.2, 0) is 0 Å². The molecule has 0 atom stereocenters. The Kier molecular flexibility index (Phi) is 5.16. The van der Waals surface area contributed by atoms with E-state index in [1.807, 2.05) is 0 Å². The first-order valence-corrected chi connectivity index (χ1v) is 6.92. The van der Waals surface area contributed by atoms with E-state index < -0.39 is 0 Å². The van der Waals surface area contributed by atoms with E-state index in [1.165, 1.54) is 0 Å². The van der Waals surface area contributed by atoms with Crippen LogP contribution in [0, 0.1) is 0 Å². The molecule has 0 heterocycles. The largest absolute Gasteiger partial charge is 0.370 e. The van der Waals surface area contributed by atoms with Crippen molar-refractivity contribution in [2.24, 2.45) is 27.2 Å². The molecule has 2 aromatic rings. The van der Waals surface area contributed by atoms with Crippen molar-refractivity contribution >= 4 is 40.8 Å². The molecule has 118 valence electrons. The lowest BCUT2D eigenvalue weighted by molar-refractivity contribution is 0.102. The number of anilines is 1. The van der Waals surface area contributed by atoms with Crippen molar-refractivity contribution in [1.29, 1.82) is 0 Å². The summed E-state index contributed by atoms with van der Waals surface area (Å²) in [7, 11) is 0. The van der Waals surface area contributed by atoms with Gasteiger partial charge in [0.2, 0.25) is 5.96 Å². The van der Waals surface area contributed by atoms with Crippen molar-refractivity contribution in [3.8, 4) is 0 Å². The zero-order valence-electron chi connectivity index (χ0n) is 12.0. The molecule has 2 aromatic carbocycles. The number of guanidine groups is 2. The molecule has 0 aliphatic carbocycles. The number of benzene rings is 2. The second-order valence-electron chi connectivity index (χ2n) is 4.52. The summed E-state index contributed by atoms with van der Waals surface area (Å²) in [6, 6.07) is 13.4. The Bertz CT molecular complexity index is 766. The van der Waals surface area contributed by atoms with E-state index in [0.717, 1.165) is 0 Å². The van der Waals surface area contributed by atoms with Gasteiger partial charge < -0.3 is 22.5 Å². The number of hydrogen-bond acceptors (Lipinski definition) is 2. The summed E-state index contributed by atoms with van der Waals surface area (Å²) in [5.74, 6) is -0.576. The van der Waals surface area contributed by atoms with Crippen LogP contribution in [0.4, 0.5) is 11.4 Å². The van der Waals surface area contributed by atoms with Crippen molar-refractivity contribution in [2.45, 2.75) is 0 Å². The molecule has 0 aromatic heterocycles. The highest BCUT2D eigenvalue weighted by Gasteiger charge is 2.07. The standard InChI is InChI=1S/C15H15ClN6O/c16-10-4-6-11(7-5-10)20-13(23)9-2-1-3-12(8-9)21-15(19)22-14(17)18/h1-8H,(H,20,23)(H6,17,18,19,21,22). The Morgan fingerprint density at radius 2 is 1.74 bits per heavy atom. The number of halogens is 1. The van der Waals surface area contributed by atoms with Crippen LogP contribution in [0.25, 0.3) is 0 Å². The molecule has 0 unspecified atom stereocenters. The van der Waals surface area contributed by atoms with Crippen molar-refractivity contribution < 1.29 is 4.79 Å². The number of carbonyl (C=O) groups excluding carboxylic acids is 1. The second kappa shape index (κ2) is 7.28. The first-order valence-electron chi connectivity index (χ1n) is 6.55. The fraction of sp³-hybridized carbons (Fsp3) is 0. The third-order valence-electron chi connectivity index (χ3n) is 2.70. The van der Waals surface area contributed by atoms with Gasteiger partial charge in [0.05, 0.1) is 5.69 Å². The highest BCUT2D eigenvalue weighted by molar-refractivity contribution is 6.30. The van der Waals surface area contributed by atoms with Crippen LogP contribution >= 0.6 is 11.6 Å². The zero-order valence-corrected chi connectivity index (χ0v) is 12.8. The van der Waals surface area contributed by atoms with Gasteiger partial charge in [0.25, 0.3) is 5.91 Å². The van der Waals surface area contributed by atoms with Gasteiger partial charge in [-0.05, 0) is 42.5 Å². The average Bonchev–Trinajstić information content (AvgIpc) is 2.49. The van der Waals surface area contributed by atoms with E-state index in [0.29, 0.717) is 22.0 Å². The maximum atomic E-state index is 12.2. The molecule has 0 radical (unpaired) electrons. The number of rotatable bonds is 3. The van der Waals surface area contributed by atoms with Gasteiger partial charge in [-0.15, -0.1) is 0 Å². The summed E-state index contributed by atoms with van der Waals surface area (Å²) in [5.41, 5.74) is 17.5. The quantitative estimate of drug-likeness (QED) is 0.504. The van der Waals surface area contributed by atoms with Crippen molar-refractivity contribution in [1.82, 2.24) is 0 Å². The Labute approximate surface area is 137 Å². The van der Waals surface area contributed by atoms with Crippen molar-refractivity contribution in [3.05, 3.63) is 59.1 Å². The van der Waals surface area contributed by atoms with Crippen LogP contribution in [0.1, 0.15) is 10.4 Å². The molecule has 0 fully saturated rings. The Morgan fingerprint density at radius 3 is 2.39 bits per heavy atom. The van der Waals surface area contributed by atoms with Gasteiger partial charge in [0.15, 0.2) is 5.96 Å². The molecule has 0 aliphatic heterocycles. The lowest BCUT2D eigenvalue weighted by atomic mass is 10.2. The van der Waals surface area contributed by atoms with E-state index in [-0.39, 0.29) is 17.8 Å². The minimum absolute atomic E-state index is 0.0970. The van der Waals surface area contributed by atoms with Crippen LogP contribution in [0.3, 0.4) is 0 Å². The molecule has 7 N–H and O–H groups in total. The minimum atomic E-state index is -0.287. The molecule has 0 saturated carbocycles. The Morgan fingerprint density at radius 1 is 1.04 bits per heavy atom. The lowest BCUT2D eigenvalue weighted by Crippen LogP contribution is -2.26. The van der Waals surface area contributed by atoms with Gasteiger partial charge >= 0.3 is 0 Å². The second-order valence-corrected chi connectivity index (χ2v) is 4.95.